The molecule has 9 heteroatoms. The van der Waals surface area contributed by atoms with Crippen LogP contribution in [-0.2, 0) is 20.9 Å². The van der Waals surface area contributed by atoms with Crippen LogP contribution in [0, 0.1) is 0 Å². The third-order valence-electron chi connectivity index (χ3n) is 3.49. The van der Waals surface area contributed by atoms with Crippen LogP contribution in [-0.4, -0.2) is 23.5 Å². The number of carbonyl (C=O) groups is 4. The van der Waals surface area contributed by atoms with Crippen LogP contribution in [0.5, 0.6) is 0 Å². The van der Waals surface area contributed by atoms with Gasteiger partial charge in [0.25, 0.3) is 0 Å². The minimum absolute atomic E-state index is 0. The van der Waals surface area contributed by atoms with Crippen molar-refractivity contribution in [2.24, 2.45) is 0 Å². The summed E-state index contributed by atoms with van der Waals surface area (Å²) in [5.41, 5.74) is 0.764. The Labute approximate surface area is 173 Å². The molecule has 0 bridgehead atoms. The summed E-state index contributed by atoms with van der Waals surface area (Å²) in [6.07, 6.45) is -0.0682. The summed E-state index contributed by atoms with van der Waals surface area (Å²) in [4.78, 5) is 48.0. The van der Waals surface area contributed by atoms with E-state index in [1.54, 1.807) is 17.5 Å². The van der Waals surface area contributed by atoms with Gasteiger partial charge in [0.2, 0.25) is 5.78 Å². The Morgan fingerprint density at radius 2 is 1.84 bits per heavy atom. The molecule has 6 nitrogen and oxygen atoms in total. The molecule has 3 rings (SSSR count). The molecule has 2 heterocycles. The SMILES string of the molecule is O=C([O-])CCCC(=O)OCc1cc2c(s1)C(=O)c1sccc1C2=O.[Na+]. The minimum Gasteiger partial charge on any atom is -0.550 e. The molecule has 0 amide bonds. The summed E-state index contributed by atoms with van der Waals surface area (Å²) >= 11 is 2.38. The molecule has 1 aliphatic rings. The van der Waals surface area contributed by atoms with Gasteiger partial charge in [0, 0.05) is 28.4 Å². The third-order valence-corrected chi connectivity index (χ3v) is 5.51. The van der Waals surface area contributed by atoms with Crippen molar-refractivity contribution in [2.45, 2.75) is 25.9 Å². The van der Waals surface area contributed by atoms with E-state index in [0.717, 1.165) is 11.3 Å². The van der Waals surface area contributed by atoms with Gasteiger partial charge in [-0.15, -0.1) is 22.7 Å². The number of hydrogen-bond donors (Lipinski definition) is 0. The number of thiophene rings is 2. The molecule has 0 unspecified atom stereocenters. The van der Waals surface area contributed by atoms with Gasteiger partial charge in [-0.1, -0.05) is 0 Å². The summed E-state index contributed by atoms with van der Waals surface area (Å²) in [6.45, 7) is -0.0456. The molecule has 0 atom stereocenters. The molecule has 0 saturated carbocycles. The Morgan fingerprint density at radius 3 is 2.56 bits per heavy atom. The first kappa shape index (κ1) is 20.0. The van der Waals surface area contributed by atoms with E-state index in [0.29, 0.717) is 25.8 Å². The zero-order valence-electron chi connectivity index (χ0n) is 13.3. The summed E-state index contributed by atoms with van der Waals surface area (Å²) in [7, 11) is 0. The quantitative estimate of drug-likeness (QED) is 0.380. The van der Waals surface area contributed by atoms with Gasteiger partial charge in [0.1, 0.15) is 6.61 Å². The summed E-state index contributed by atoms with van der Waals surface area (Å²) in [6, 6.07) is 3.22. The zero-order valence-corrected chi connectivity index (χ0v) is 17.0. The second kappa shape index (κ2) is 8.37. The van der Waals surface area contributed by atoms with E-state index in [-0.39, 0.29) is 67.0 Å². The Morgan fingerprint density at radius 1 is 1.08 bits per heavy atom. The van der Waals surface area contributed by atoms with Gasteiger partial charge >= 0.3 is 35.5 Å². The molecule has 0 aromatic carbocycles. The number of aliphatic carboxylic acids is 1. The Bertz CT molecular complexity index is 803. The minimum atomic E-state index is -1.21. The number of fused-ring (bicyclic) bond motifs is 2. The molecule has 1 aliphatic carbocycles. The van der Waals surface area contributed by atoms with Gasteiger partial charge in [-0.3, -0.25) is 14.4 Å². The number of esters is 1. The van der Waals surface area contributed by atoms with Gasteiger partial charge in [-0.2, -0.15) is 0 Å². The van der Waals surface area contributed by atoms with E-state index in [1.165, 1.54) is 11.3 Å². The van der Waals surface area contributed by atoms with E-state index in [4.69, 9.17) is 4.74 Å². The smallest absolute Gasteiger partial charge is 0.550 e. The Kier molecular flexibility index (Phi) is 6.70. The first-order chi connectivity index (χ1) is 11.5. The molecule has 2 aromatic rings. The van der Waals surface area contributed by atoms with Crippen molar-refractivity contribution in [3.05, 3.63) is 43.3 Å². The fourth-order valence-electron chi connectivity index (χ4n) is 2.36. The summed E-state index contributed by atoms with van der Waals surface area (Å²) in [5.74, 6) is -2.10. The van der Waals surface area contributed by atoms with Crippen molar-refractivity contribution in [2.75, 3.05) is 0 Å². The molecule has 0 fully saturated rings. The van der Waals surface area contributed by atoms with E-state index in [2.05, 4.69) is 0 Å². The predicted molar refractivity (Wildman–Crippen MR) is 84.2 cm³/mol. The predicted octanol–water partition coefficient (Wildman–Crippen LogP) is -1.45. The summed E-state index contributed by atoms with van der Waals surface area (Å²) in [5, 5.41) is 12.0. The molecule has 0 spiro atoms. The van der Waals surface area contributed by atoms with Crippen LogP contribution >= 0.6 is 22.7 Å². The van der Waals surface area contributed by atoms with Crippen LogP contribution in [0.15, 0.2) is 17.5 Å². The standard InChI is InChI=1S/C16H12O6S2.Na/c17-11(18)2-1-3-12(19)22-7-8-6-10-13(20)9-4-5-23-15(9)14(21)16(10)24-8;/h4-6H,1-3,7H2,(H,17,18);/q;+1/p-1. The fraction of sp³-hybridized carbons (Fsp3) is 0.250. The zero-order chi connectivity index (χ0) is 17.3. The second-order valence-electron chi connectivity index (χ2n) is 5.16. The van der Waals surface area contributed by atoms with Crippen molar-refractivity contribution in [1.82, 2.24) is 0 Å². The van der Waals surface area contributed by atoms with Crippen LogP contribution in [0.3, 0.4) is 0 Å². The maximum atomic E-state index is 12.4. The molecular weight excluding hydrogens is 375 g/mol. The van der Waals surface area contributed by atoms with Crippen molar-refractivity contribution in [1.29, 1.82) is 0 Å². The summed E-state index contributed by atoms with van der Waals surface area (Å²) < 4.78 is 5.05. The second-order valence-corrected chi connectivity index (χ2v) is 7.22. The molecular formula is C16H11NaO6S2. The fourth-order valence-corrected chi connectivity index (χ4v) is 4.28. The number of hydrogen-bond acceptors (Lipinski definition) is 8. The van der Waals surface area contributed by atoms with Crippen LogP contribution in [0.25, 0.3) is 0 Å². The normalized spacial score (nSPS) is 12.2. The van der Waals surface area contributed by atoms with Gasteiger partial charge in [-0.25, -0.2) is 0 Å². The van der Waals surface area contributed by atoms with Crippen molar-refractivity contribution >= 4 is 46.2 Å². The van der Waals surface area contributed by atoms with Crippen molar-refractivity contribution < 1.29 is 58.6 Å². The maximum Gasteiger partial charge on any atom is 1.00 e. The number of carboxylic acid groups (broad SMARTS) is 1. The van der Waals surface area contributed by atoms with E-state index in [1.807, 2.05) is 0 Å². The Balaban J connectivity index is 0.00000225. The molecule has 2 aromatic heterocycles. The maximum absolute atomic E-state index is 12.4. The van der Waals surface area contributed by atoms with Crippen LogP contribution < -0.4 is 34.7 Å². The van der Waals surface area contributed by atoms with Gasteiger partial charge in [0.05, 0.1) is 9.75 Å². The topological polar surface area (TPSA) is 101 Å². The monoisotopic (exact) mass is 386 g/mol. The van der Waals surface area contributed by atoms with Crippen molar-refractivity contribution in [3.63, 3.8) is 0 Å². The van der Waals surface area contributed by atoms with E-state index >= 15 is 0 Å². The number of ether oxygens (including phenoxy) is 1. The number of carboxylic acids is 1. The van der Waals surface area contributed by atoms with Gasteiger partial charge in [0.15, 0.2) is 5.78 Å². The molecule has 25 heavy (non-hydrogen) atoms. The average molecular weight is 386 g/mol. The first-order valence-corrected chi connectivity index (χ1v) is 8.82. The van der Waals surface area contributed by atoms with Crippen LogP contribution in [0.4, 0.5) is 0 Å². The van der Waals surface area contributed by atoms with E-state index < -0.39 is 11.9 Å². The number of ketones is 2. The first-order valence-electron chi connectivity index (χ1n) is 7.12. The number of rotatable bonds is 6. The van der Waals surface area contributed by atoms with E-state index in [9.17, 15) is 24.3 Å². The Hall–Kier alpha value is -1.32. The molecule has 0 aliphatic heterocycles. The van der Waals surface area contributed by atoms with Crippen LogP contribution in [0.2, 0.25) is 0 Å². The van der Waals surface area contributed by atoms with Gasteiger partial charge < -0.3 is 14.6 Å². The third kappa shape index (κ3) is 4.27. The number of carbonyl (C=O) groups excluding carboxylic acids is 4. The van der Waals surface area contributed by atoms with Gasteiger partial charge in [-0.05, 0) is 30.4 Å². The molecule has 0 radical (unpaired) electrons. The average Bonchev–Trinajstić information content (AvgIpc) is 3.17. The molecule has 124 valence electrons. The molecule has 0 N–H and O–H groups in total. The largest absolute Gasteiger partial charge is 1.00 e. The van der Waals surface area contributed by atoms with Crippen LogP contribution in [0.1, 0.15) is 54.6 Å². The molecule has 0 saturated heterocycles. The van der Waals surface area contributed by atoms with Crippen molar-refractivity contribution in [3.8, 4) is 0 Å².